The highest BCUT2D eigenvalue weighted by Crippen LogP contribution is 2.43. The Balaban J connectivity index is 2.20. The van der Waals surface area contributed by atoms with Crippen LogP contribution >= 0.6 is 0 Å². The van der Waals surface area contributed by atoms with Gasteiger partial charge in [-0.1, -0.05) is 18.2 Å². The smallest absolute Gasteiger partial charge is 0.295 e. The molecule has 2 N–H and O–H groups in total. The number of phenols is 1. The fourth-order valence-electron chi connectivity index (χ4n) is 4.02. The molecular formula is C25H30N2O5. The van der Waals surface area contributed by atoms with Crippen molar-refractivity contribution in [2.24, 2.45) is 0 Å². The topological polar surface area (TPSA) is 90.3 Å². The number of Topliss-reactive ketones (excluding diaryl/α,β-unsaturated/α-hetero) is 1. The fourth-order valence-corrected chi connectivity index (χ4v) is 4.02. The van der Waals surface area contributed by atoms with E-state index in [4.69, 9.17) is 4.74 Å². The van der Waals surface area contributed by atoms with E-state index in [9.17, 15) is 19.8 Å². The van der Waals surface area contributed by atoms with Crippen LogP contribution in [0.3, 0.4) is 0 Å². The molecule has 1 atom stereocenters. The van der Waals surface area contributed by atoms with Crippen molar-refractivity contribution in [1.82, 2.24) is 9.80 Å². The van der Waals surface area contributed by atoms with Gasteiger partial charge in [-0.15, -0.1) is 0 Å². The number of aliphatic hydroxyl groups excluding tert-OH is 1. The molecule has 32 heavy (non-hydrogen) atoms. The Kier molecular flexibility index (Phi) is 6.89. The van der Waals surface area contributed by atoms with Crippen molar-refractivity contribution < 1.29 is 24.5 Å². The van der Waals surface area contributed by atoms with Gasteiger partial charge >= 0.3 is 0 Å². The second kappa shape index (κ2) is 9.44. The SMILES string of the molecule is COc1ccccc1[C@@H]1C(=C(O)c2cc(C)c(C)cc2O)C(=O)C(=O)N1CCCN(C)C. The molecule has 0 unspecified atom stereocenters. The summed E-state index contributed by atoms with van der Waals surface area (Å²) in [6, 6.07) is 9.47. The highest BCUT2D eigenvalue weighted by Gasteiger charge is 2.47. The summed E-state index contributed by atoms with van der Waals surface area (Å²) in [4.78, 5) is 29.6. The van der Waals surface area contributed by atoms with Gasteiger partial charge in [0, 0.05) is 12.1 Å². The van der Waals surface area contributed by atoms with Crippen LogP contribution in [0.1, 0.15) is 34.7 Å². The standard InChI is InChI=1S/C25H30N2O5/c1-15-13-18(19(28)14-16(15)2)23(29)21-22(17-9-6-7-10-20(17)32-5)27(25(31)24(21)30)12-8-11-26(3)4/h6-7,9-10,13-14,22,28-29H,8,11-12H2,1-5H3/t22-/m1/s1. The first-order valence-electron chi connectivity index (χ1n) is 10.5. The molecule has 1 fully saturated rings. The number of methoxy groups -OCH3 is 1. The van der Waals surface area contributed by atoms with Crippen LogP contribution in [0.2, 0.25) is 0 Å². The summed E-state index contributed by atoms with van der Waals surface area (Å²) in [6.45, 7) is 4.77. The lowest BCUT2D eigenvalue weighted by atomic mass is 9.93. The predicted molar refractivity (Wildman–Crippen MR) is 123 cm³/mol. The molecule has 1 amide bonds. The van der Waals surface area contributed by atoms with Crippen molar-refractivity contribution in [2.45, 2.75) is 26.3 Å². The minimum atomic E-state index is -0.825. The van der Waals surface area contributed by atoms with Crippen molar-refractivity contribution in [1.29, 1.82) is 0 Å². The number of hydrogen-bond acceptors (Lipinski definition) is 6. The van der Waals surface area contributed by atoms with E-state index >= 15 is 0 Å². The lowest BCUT2D eigenvalue weighted by Crippen LogP contribution is -2.32. The first-order valence-corrected chi connectivity index (χ1v) is 10.5. The molecule has 170 valence electrons. The predicted octanol–water partition coefficient (Wildman–Crippen LogP) is 3.39. The van der Waals surface area contributed by atoms with Gasteiger partial charge in [-0.05, 0) is 70.2 Å². The van der Waals surface area contributed by atoms with E-state index in [1.807, 2.05) is 32.8 Å². The zero-order valence-electron chi connectivity index (χ0n) is 19.2. The molecule has 0 bridgehead atoms. The maximum Gasteiger partial charge on any atom is 0.295 e. The van der Waals surface area contributed by atoms with Crippen LogP contribution in [0.25, 0.3) is 5.76 Å². The van der Waals surface area contributed by atoms with E-state index in [-0.39, 0.29) is 16.9 Å². The maximum atomic E-state index is 13.1. The number of carbonyl (C=O) groups excluding carboxylic acids is 2. The molecule has 1 heterocycles. The van der Waals surface area contributed by atoms with Crippen LogP contribution in [0.4, 0.5) is 0 Å². The van der Waals surface area contributed by atoms with E-state index in [0.717, 1.165) is 17.7 Å². The maximum absolute atomic E-state index is 13.1. The quantitative estimate of drug-likeness (QED) is 0.391. The molecule has 0 saturated carbocycles. The zero-order chi connectivity index (χ0) is 23.6. The first-order chi connectivity index (χ1) is 15.2. The van der Waals surface area contributed by atoms with Crippen LogP contribution in [0.15, 0.2) is 42.0 Å². The number of ketones is 1. The number of carbonyl (C=O) groups is 2. The molecule has 0 spiro atoms. The zero-order valence-corrected chi connectivity index (χ0v) is 19.2. The van der Waals surface area contributed by atoms with Gasteiger partial charge < -0.3 is 24.7 Å². The molecule has 7 nitrogen and oxygen atoms in total. The van der Waals surface area contributed by atoms with E-state index < -0.39 is 23.5 Å². The number of phenolic OH excluding ortho intramolecular Hbond substituents is 1. The van der Waals surface area contributed by atoms with Gasteiger partial charge in [-0.25, -0.2) is 0 Å². The summed E-state index contributed by atoms with van der Waals surface area (Å²) >= 11 is 0. The summed E-state index contributed by atoms with van der Waals surface area (Å²) in [5.74, 6) is -1.49. The van der Waals surface area contributed by atoms with Crippen LogP contribution < -0.4 is 4.74 Å². The number of likely N-dealkylation sites (tertiary alicyclic amines) is 1. The Bertz CT molecular complexity index is 1070. The summed E-state index contributed by atoms with van der Waals surface area (Å²) in [5, 5.41) is 21.7. The molecule has 0 aliphatic carbocycles. The van der Waals surface area contributed by atoms with Crippen molar-refractivity contribution in [3.8, 4) is 11.5 Å². The lowest BCUT2D eigenvalue weighted by molar-refractivity contribution is -0.140. The molecule has 0 radical (unpaired) electrons. The van der Waals surface area contributed by atoms with E-state index in [1.165, 1.54) is 18.1 Å². The molecule has 0 aromatic heterocycles. The molecule has 1 aliphatic rings. The Morgan fingerprint density at radius 3 is 2.44 bits per heavy atom. The van der Waals surface area contributed by atoms with Crippen molar-refractivity contribution in [3.63, 3.8) is 0 Å². The van der Waals surface area contributed by atoms with Gasteiger partial charge in [-0.3, -0.25) is 9.59 Å². The van der Waals surface area contributed by atoms with Gasteiger partial charge in [-0.2, -0.15) is 0 Å². The number of hydrogen-bond donors (Lipinski definition) is 2. The minimum absolute atomic E-state index is 0.0529. The van der Waals surface area contributed by atoms with Crippen LogP contribution in [0, 0.1) is 13.8 Å². The highest BCUT2D eigenvalue weighted by atomic mass is 16.5. The van der Waals surface area contributed by atoms with Gasteiger partial charge in [0.2, 0.25) is 0 Å². The molecule has 7 heteroatoms. The van der Waals surface area contributed by atoms with E-state index in [1.54, 1.807) is 30.3 Å². The van der Waals surface area contributed by atoms with Gasteiger partial charge in [0.15, 0.2) is 0 Å². The Morgan fingerprint density at radius 2 is 1.78 bits per heavy atom. The van der Waals surface area contributed by atoms with Gasteiger partial charge in [0.1, 0.15) is 17.3 Å². The molecule has 1 saturated heterocycles. The summed E-state index contributed by atoms with van der Waals surface area (Å²) in [7, 11) is 5.40. The minimum Gasteiger partial charge on any atom is -0.507 e. The van der Waals surface area contributed by atoms with Gasteiger partial charge in [0.05, 0.1) is 24.3 Å². The fraction of sp³-hybridized carbons (Fsp3) is 0.360. The largest absolute Gasteiger partial charge is 0.507 e. The summed E-state index contributed by atoms with van der Waals surface area (Å²) in [6.07, 6.45) is 0.653. The summed E-state index contributed by atoms with van der Waals surface area (Å²) in [5.41, 5.74) is 2.37. The number of aromatic hydroxyl groups is 1. The lowest BCUT2D eigenvalue weighted by Gasteiger charge is -2.27. The average molecular weight is 439 g/mol. The van der Waals surface area contributed by atoms with Crippen molar-refractivity contribution in [3.05, 3.63) is 64.2 Å². The Morgan fingerprint density at radius 1 is 1.12 bits per heavy atom. The second-order valence-corrected chi connectivity index (χ2v) is 8.34. The van der Waals surface area contributed by atoms with Crippen molar-refractivity contribution >= 4 is 17.4 Å². The first kappa shape index (κ1) is 23.3. The third kappa shape index (κ3) is 4.34. The van der Waals surface area contributed by atoms with Crippen LogP contribution in [-0.4, -0.2) is 66.0 Å². The molecule has 2 aromatic carbocycles. The van der Waals surface area contributed by atoms with Crippen molar-refractivity contribution in [2.75, 3.05) is 34.3 Å². The number of aliphatic hydroxyl groups is 1. The highest BCUT2D eigenvalue weighted by molar-refractivity contribution is 6.46. The molecule has 1 aliphatic heterocycles. The number of para-hydroxylation sites is 1. The molecule has 2 aromatic rings. The third-order valence-electron chi connectivity index (χ3n) is 5.84. The third-order valence-corrected chi connectivity index (χ3v) is 5.84. The average Bonchev–Trinajstić information content (AvgIpc) is 3.00. The number of amides is 1. The number of aryl methyl sites for hydroxylation is 2. The number of rotatable bonds is 7. The molecule has 3 rings (SSSR count). The molecular weight excluding hydrogens is 408 g/mol. The monoisotopic (exact) mass is 438 g/mol. The number of benzene rings is 2. The number of ether oxygens (including phenoxy) is 1. The van der Waals surface area contributed by atoms with Gasteiger partial charge in [0.25, 0.3) is 11.7 Å². The second-order valence-electron chi connectivity index (χ2n) is 8.34. The van der Waals surface area contributed by atoms with Crippen LogP contribution in [0.5, 0.6) is 11.5 Å². The van der Waals surface area contributed by atoms with E-state index in [2.05, 4.69) is 0 Å². The van der Waals surface area contributed by atoms with Crippen LogP contribution in [-0.2, 0) is 9.59 Å². The summed E-state index contributed by atoms with van der Waals surface area (Å²) < 4.78 is 5.50. The Hall–Kier alpha value is -3.32. The number of nitrogens with zero attached hydrogens (tertiary/aromatic N) is 2. The van der Waals surface area contributed by atoms with E-state index in [0.29, 0.717) is 24.3 Å². The normalized spacial score (nSPS) is 17.9. The Labute approximate surface area is 188 Å².